The first-order valence-corrected chi connectivity index (χ1v) is 9.95. The minimum absolute atomic E-state index is 0.0342. The molecule has 0 aromatic heterocycles. The van der Waals surface area contributed by atoms with Gasteiger partial charge in [0.15, 0.2) is 4.90 Å². The Morgan fingerprint density at radius 2 is 1.69 bits per heavy atom. The normalized spacial score (nSPS) is 19.1. The van der Waals surface area contributed by atoms with Crippen LogP contribution >= 0.6 is 0 Å². The molecule has 2 aromatic carbocycles. The quantitative estimate of drug-likeness (QED) is 0.806. The number of methoxy groups -OCH3 is 1. The molecule has 0 amide bonds. The third kappa shape index (κ3) is 3.73. The zero-order chi connectivity index (χ0) is 18.7. The van der Waals surface area contributed by atoms with Gasteiger partial charge in [-0.1, -0.05) is 24.6 Å². The van der Waals surface area contributed by atoms with E-state index in [2.05, 4.69) is 0 Å². The molecule has 0 aliphatic carbocycles. The number of halogens is 2. The third-order valence-corrected chi connectivity index (χ3v) is 6.66. The van der Waals surface area contributed by atoms with Crippen LogP contribution in [0.15, 0.2) is 47.4 Å². The van der Waals surface area contributed by atoms with Gasteiger partial charge in [0.25, 0.3) is 0 Å². The van der Waals surface area contributed by atoms with Gasteiger partial charge in [-0.2, -0.15) is 4.31 Å². The van der Waals surface area contributed by atoms with Crippen molar-refractivity contribution < 1.29 is 21.9 Å². The van der Waals surface area contributed by atoms with Crippen LogP contribution in [0.25, 0.3) is 0 Å². The Morgan fingerprint density at radius 3 is 2.31 bits per heavy atom. The van der Waals surface area contributed by atoms with Crippen LogP contribution in [0, 0.1) is 11.6 Å². The fraction of sp³-hybridized carbons (Fsp3) is 0.368. The van der Waals surface area contributed by atoms with Crippen molar-refractivity contribution in [3.05, 3.63) is 59.7 Å². The molecule has 0 radical (unpaired) electrons. The number of hydrogen-bond donors (Lipinski definition) is 0. The minimum Gasteiger partial charge on any atom is -0.497 e. The molecule has 1 heterocycles. The summed E-state index contributed by atoms with van der Waals surface area (Å²) in [5.41, 5.74) is 0.988. The highest BCUT2D eigenvalue weighted by molar-refractivity contribution is 7.89. The lowest BCUT2D eigenvalue weighted by Gasteiger charge is -2.24. The van der Waals surface area contributed by atoms with Crippen LogP contribution < -0.4 is 4.74 Å². The molecule has 140 valence electrons. The van der Waals surface area contributed by atoms with Crippen molar-refractivity contribution >= 4 is 10.0 Å². The number of sulfonamides is 1. The summed E-state index contributed by atoms with van der Waals surface area (Å²) in [5.74, 6) is -1.43. The van der Waals surface area contributed by atoms with Crippen LogP contribution in [0.4, 0.5) is 8.78 Å². The van der Waals surface area contributed by atoms with E-state index < -0.39 is 26.6 Å². The Bertz CT molecular complexity index is 849. The molecule has 1 atom stereocenters. The fourth-order valence-electron chi connectivity index (χ4n) is 3.33. The summed E-state index contributed by atoms with van der Waals surface area (Å²) in [6.45, 7) is 0.450. The van der Waals surface area contributed by atoms with Gasteiger partial charge >= 0.3 is 0 Å². The van der Waals surface area contributed by atoms with Crippen molar-refractivity contribution in [2.24, 2.45) is 0 Å². The molecule has 0 N–H and O–H groups in total. The molecule has 0 bridgehead atoms. The summed E-state index contributed by atoms with van der Waals surface area (Å²) in [7, 11) is -2.66. The summed E-state index contributed by atoms with van der Waals surface area (Å²) >= 11 is 0. The lowest BCUT2D eigenvalue weighted by molar-refractivity contribution is 0.397. The Kier molecular flexibility index (Phi) is 5.58. The van der Waals surface area contributed by atoms with Crippen LogP contribution in [-0.2, 0) is 10.0 Å². The number of rotatable bonds is 4. The van der Waals surface area contributed by atoms with E-state index in [0.717, 1.165) is 42.4 Å². The largest absolute Gasteiger partial charge is 0.497 e. The van der Waals surface area contributed by atoms with Gasteiger partial charge in [0, 0.05) is 13.1 Å². The molecule has 3 rings (SSSR count). The number of benzene rings is 2. The predicted octanol–water partition coefficient (Wildman–Crippen LogP) is 3.93. The van der Waals surface area contributed by atoms with Crippen molar-refractivity contribution in [1.29, 1.82) is 0 Å². The lowest BCUT2D eigenvalue weighted by Crippen LogP contribution is -2.35. The topological polar surface area (TPSA) is 46.6 Å². The van der Waals surface area contributed by atoms with Crippen molar-refractivity contribution in [2.75, 3.05) is 20.2 Å². The molecule has 1 fully saturated rings. The van der Waals surface area contributed by atoms with Crippen molar-refractivity contribution in [1.82, 2.24) is 4.31 Å². The first-order chi connectivity index (χ1) is 12.4. The van der Waals surface area contributed by atoms with E-state index >= 15 is 0 Å². The number of ether oxygens (including phenoxy) is 1. The maximum Gasteiger partial charge on any atom is 0.248 e. The Hall–Kier alpha value is -1.99. The second-order valence-corrected chi connectivity index (χ2v) is 8.25. The summed E-state index contributed by atoms with van der Waals surface area (Å²) in [6, 6.07) is 10.6. The number of nitrogens with zero attached hydrogens (tertiary/aromatic N) is 1. The Morgan fingerprint density at radius 1 is 1.04 bits per heavy atom. The predicted molar refractivity (Wildman–Crippen MR) is 94.7 cm³/mol. The molecule has 1 unspecified atom stereocenters. The summed E-state index contributed by atoms with van der Waals surface area (Å²) in [6.07, 6.45) is 2.32. The monoisotopic (exact) mass is 381 g/mol. The highest BCUT2D eigenvalue weighted by Gasteiger charge is 2.33. The van der Waals surface area contributed by atoms with Gasteiger partial charge < -0.3 is 4.74 Å². The van der Waals surface area contributed by atoms with Crippen LogP contribution in [0.2, 0.25) is 0 Å². The molecule has 26 heavy (non-hydrogen) atoms. The van der Waals surface area contributed by atoms with Crippen LogP contribution in [0.5, 0.6) is 5.75 Å². The molecule has 0 saturated carbocycles. The molecule has 7 heteroatoms. The van der Waals surface area contributed by atoms with Gasteiger partial charge in [0.05, 0.1) is 7.11 Å². The maximum absolute atomic E-state index is 14.0. The van der Waals surface area contributed by atoms with Gasteiger partial charge in [0.1, 0.15) is 17.4 Å². The average Bonchev–Trinajstić information content (AvgIpc) is 2.88. The smallest absolute Gasteiger partial charge is 0.248 e. The van der Waals surface area contributed by atoms with E-state index in [-0.39, 0.29) is 19.0 Å². The van der Waals surface area contributed by atoms with Gasteiger partial charge in [-0.15, -0.1) is 0 Å². The molecule has 1 saturated heterocycles. The first-order valence-electron chi connectivity index (χ1n) is 8.51. The zero-order valence-corrected chi connectivity index (χ0v) is 15.3. The Labute approximate surface area is 152 Å². The van der Waals surface area contributed by atoms with E-state index in [1.165, 1.54) is 4.31 Å². The van der Waals surface area contributed by atoms with E-state index in [4.69, 9.17) is 4.74 Å². The zero-order valence-electron chi connectivity index (χ0n) is 14.5. The molecular weight excluding hydrogens is 360 g/mol. The van der Waals surface area contributed by atoms with Crippen molar-refractivity contribution in [2.45, 2.75) is 30.1 Å². The molecule has 0 spiro atoms. The van der Waals surface area contributed by atoms with Crippen molar-refractivity contribution in [3.8, 4) is 5.75 Å². The van der Waals surface area contributed by atoms with Gasteiger partial charge in [-0.05, 0) is 48.6 Å². The van der Waals surface area contributed by atoms with E-state index in [0.29, 0.717) is 6.42 Å². The van der Waals surface area contributed by atoms with E-state index in [1.54, 1.807) is 7.11 Å². The van der Waals surface area contributed by atoms with Crippen LogP contribution in [0.1, 0.15) is 30.7 Å². The second kappa shape index (κ2) is 7.72. The van der Waals surface area contributed by atoms with Crippen molar-refractivity contribution in [3.63, 3.8) is 0 Å². The number of hydrogen-bond acceptors (Lipinski definition) is 3. The third-order valence-electron chi connectivity index (χ3n) is 4.74. The molecule has 1 aliphatic rings. The lowest BCUT2D eigenvalue weighted by atomic mass is 9.94. The molecule has 2 aromatic rings. The maximum atomic E-state index is 14.0. The second-order valence-electron chi connectivity index (χ2n) is 6.38. The highest BCUT2D eigenvalue weighted by atomic mass is 32.2. The van der Waals surface area contributed by atoms with Gasteiger partial charge in [-0.25, -0.2) is 17.2 Å². The molecular formula is C19H21F2NO3S. The molecule has 1 aliphatic heterocycles. The average molecular weight is 381 g/mol. The van der Waals surface area contributed by atoms with Gasteiger partial charge in [-0.3, -0.25) is 0 Å². The highest BCUT2D eigenvalue weighted by Crippen LogP contribution is 2.31. The summed E-state index contributed by atoms with van der Waals surface area (Å²) in [4.78, 5) is -0.865. The minimum atomic E-state index is -4.24. The Balaban J connectivity index is 1.91. The summed E-state index contributed by atoms with van der Waals surface area (Å²) in [5, 5.41) is 0. The van der Waals surface area contributed by atoms with Crippen LogP contribution in [0.3, 0.4) is 0 Å². The first kappa shape index (κ1) is 18.8. The fourth-order valence-corrected chi connectivity index (χ4v) is 4.96. The van der Waals surface area contributed by atoms with Crippen LogP contribution in [-0.4, -0.2) is 32.9 Å². The summed E-state index contributed by atoms with van der Waals surface area (Å²) < 4.78 is 60.2. The SMILES string of the molecule is COc1ccc(C2CCCCN(S(=O)(=O)c3c(F)cccc3F)C2)cc1. The molecule has 4 nitrogen and oxygen atoms in total. The standard InChI is InChI=1S/C19H21F2NO3S/c1-25-16-10-8-14(9-11-16)15-5-2-3-12-22(13-15)26(23,24)19-17(20)6-4-7-18(19)21/h4,6-11,15H,2-3,5,12-13H2,1H3. The van der Waals surface area contributed by atoms with E-state index in [1.807, 2.05) is 24.3 Å². The van der Waals surface area contributed by atoms with Gasteiger partial charge in [0.2, 0.25) is 10.0 Å². The van der Waals surface area contributed by atoms with E-state index in [9.17, 15) is 17.2 Å².